The van der Waals surface area contributed by atoms with E-state index >= 15 is 0 Å². The van der Waals surface area contributed by atoms with Crippen molar-refractivity contribution in [2.45, 2.75) is 24.9 Å². The minimum atomic E-state index is -4.05. The molecule has 1 heterocycles. The lowest BCUT2D eigenvalue weighted by Gasteiger charge is -2.37. The standard InChI is InChI=1S/C16H15Cl2N3O3S/c1-8-5-10(17)3-4-14(8)21-9(2)20-13-7-12(18)15(25(19,23)24)6-11(13)16(21)22/h3-7,9,20H,1-2H3,(H2,19,23,24). The fourth-order valence-corrected chi connectivity index (χ4v) is 4.20. The lowest BCUT2D eigenvalue weighted by molar-refractivity contribution is 0.0976. The third-order valence-electron chi connectivity index (χ3n) is 4.00. The smallest absolute Gasteiger partial charge is 0.262 e. The molecule has 0 aliphatic carbocycles. The number of nitrogens with two attached hydrogens (primary N) is 1. The monoisotopic (exact) mass is 399 g/mol. The summed E-state index contributed by atoms with van der Waals surface area (Å²) in [6, 6.07) is 7.79. The molecular formula is C16H15Cl2N3O3S. The molecule has 0 radical (unpaired) electrons. The zero-order valence-corrected chi connectivity index (χ0v) is 15.7. The summed E-state index contributed by atoms with van der Waals surface area (Å²) >= 11 is 12.0. The predicted molar refractivity (Wildman–Crippen MR) is 98.9 cm³/mol. The van der Waals surface area contributed by atoms with Crippen LogP contribution in [0.25, 0.3) is 0 Å². The first-order chi connectivity index (χ1) is 11.6. The molecule has 1 aliphatic heterocycles. The minimum absolute atomic E-state index is 0.0372. The number of hydrogen-bond acceptors (Lipinski definition) is 4. The number of halogens is 2. The number of nitrogens with zero attached hydrogens (tertiary/aromatic N) is 1. The van der Waals surface area contributed by atoms with Gasteiger partial charge < -0.3 is 5.32 Å². The molecule has 2 aromatic carbocycles. The Balaban J connectivity index is 2.16. The molecule has 132 valence electrons. The van der Waals surface area contributed by atoms with Crippen LogP contribution in [0.3, 0.4) is 0 Å². The summed E-state index contributed by atoms with van der Waals surface area (Å²) < 4.78 is 23.4. The van der Waals surface area contributed by atoms with Crippen molar-refractivity contribution in [3.63, 3.8) is 0 Å². The number of sulfonamides is 1. The maximum Gasteiger partial charge on any atom is 0.262 e. The molecule has 1 unspecified atom stereocenters. The Morgan fingerprint density at radius 2 is 1.88 bits per heavy atom. The van der Waals surface area contributed by atoms with Crippen LogP contribution < -0.4 is 15.4 Å². The Morgan fingerprint density at radius 3 is 2.48 bits per heavy atom. The minimum Gasteiger partial charge on any atom is -0.364 e. The van der Waals surface area contributed by atoms with Crippen molar-refractivity contribution in [3.8, 4) is 0 Å². The second kappa shape index (κ2) is 6.17. The Bertz CT molecular complexity index is 992. The summed E-state index contributed by atoms with van der Waals surface area (Å²) in [5.74, 6) is -0.353. The number of benzene rings is 2. The number of carbonyl (C=O) groups excluding carboxylic acids is 1. The number of amides is 1. The molecule has 2 aromatic rings. The third kappa shape index (κ3) is 3.20. The van der Waals surface area contributed by atoms with Crippen molar-refractivity contribution in [2.24, 2.45) is 5.14 Å². The van der Waals surface area contributed by atoms with Gasteiger partial charge in [-0.15, -0.1) is 0 Å². The van der Waals surface area contributed by atoms with E-state index < -0.39 is 10.0 Å². The van der Waals surface area contributed by atoms with Crippen molar-refractivity contribution in [1.29, 1.82) is 0 Å². The molecule has 0 bridgehead atoms. The van der Waals surface area contributed by atoms with E-state index in [0.717, 1.165) is 5.56 Å². The molecule has 0 saturated carbocycles. The molecule has 0 spiro atoms. The van der Waals surface area contributed by atoms with Gasteiger partial charge in [0.05, 0.1) is 16.3 Å². The summed E-state index contributed by atoms with van der Waals surface area (Å²) in [5.41, 5.74) is 2.13. The fraction of sp³-hybridized carbons (Fsp3) is 0.188. The number of rotatable bonds is 2. The summed E-state index contributed by atoms with van der Waals surface area (Å²) in [6.07, 6.45) is -0.365. The summed E-state index contributed by atoms with van der Waals surface area (Å²) in [5, 5.41) is 8.86. The van der Waals surface area contributed by atoms with Gasteiger partial charge in [-0.25, -0.2) is 13.6 Å². The zero-order chi connectivity index (χ0) is 18.5. The van der Waals surface area contributed by atoms with Gasteiger partial charge in [-0.3, -0.25) is 9.69 Å². The van der Waals surface area contributed by atoms with Crippen LogP contribution in [0.4, 0.5) is 11.4 Å². The van der Waals surface area contributed by atoms with Crippen molar-refractivity contribution in [2.75, 3.05) is 10.2 Å². The molecule has 1 atom stereocenters. The highest BCUT2D eigenvalue weighted by Gasteiger charge is 2.33. The van der Waals surface area contributed by atoms with E-state index in [1.54, 1.807) is 18.2 Å². The molecule has 0 aromatic heterocycles. The van der Waals surface area contributed by atoms with E-state index in [9.17, 15) is 13.2 Å². The number of primary sulfonamides is 1. The Labute approximate surface area is 155 Å². The average molecular weight is 400 g/mol. The van der Waals surface area contributed by atoms with Gasteiger partial charge in [0.25, 0.3) is 5.91 Å². The van der Waals surface area contributed by atoms with Gasteiger partial charge >= 0.3 is 0 Å². The van der Waals surface area contributed by atoms with Crippen LogP contribution in [0.15, 0.2) is 35.2 Å². The molecular weight excluding hydrogens is 385 g/mol. The van der Waals surface area contributed by atoms with E-state index in [4.69, 9.17) is 28.3 Å². The van der Waals surface area contributed by atoms with Crippen LogP contribution in [-0.4, -0.2) is 20.5 Å². The van der Waals surface area contributed by atoms with Gasteiger partial charge in [-0.1, -0.05) is 23.2 Å². The highest BCUT2D eigenvalue weighted by Crippen LogP contribution is 2.36. The van der Waals surface area contributed by atoms with Crippen LogP contribution in [0.2, 0.25) is 10.0 Å². The van der Waals surface area contributed by atoms with Gasteiger partial charge in [-0.2, -0.15) is 0 Å². The van der Waals surface area contributed by atoms with Crippen LogP contribution >= 0.6 is 23.2 Å². The Morgan fingerprint density at radius 1 is 1.20 bits per heavy atom. The lowest BCUT2D eigenvalue weighted by atomic mass is 10.1. The highest BCUT2D eigenvalue weighted by atomic mass is 35.5. The van der Waals surface area contributed by atoms with E-state index in [1.165, 1.54) is 17.0 Å². The average Bonchev–Trinajstić information content (AvgIpc) is 2.47. The molecule has 25 heavy (non-hydrogen) atoms. The quantitative estimate of drug-likeness (QED) is 0.809. The van der Waals surface area contributed by atoms with E-state index in [0.29, 0.717) is 16.4 Å². The normalized spacial score (nSPS) is 17.2. The van der Waals surface area contributed by atoms with E-state index in [-0.39, 0.29) is 27.6 Å². The van der Waals surface area contributed by atoms with Gasteiger partial charge in [0.1, 0.15) is 11.1 Å². The van der Waals surface area contributed by atoms with Gasteiger partial charge in [-0.05, 0) is 49.7 Å². The second-order valence-electron chi connectivity index (χ2n) is 5.80. The number of carbonyl (C=O) groups is 1. The van der Waals surface area contributed by atoms with Crippen LogP contribution in [0, 0.1) is 6.92 Å². The molecule has 1 amide bonds. The molecule has 3 N–H and O–H groups in total. The molecule has 1 aliphatic rings. The number of anilines is 2. The third-order valence-corrected chi connectivity index (χ3v) is 5.61. The predicted octanol–water partition coefficient (Wildman–Crippen LogP) is 3.37. The molecule has 9 heteroatoms. The largest absolute Gasteiger partial charge is 0.364 e. The first-order valence-corrected chi connectivity index (χ1v) is 9.62. The number of hydrogen-bond donors (Lipinski definition) is 2. The summed E-state index contributed by atoms with van der Waals surface area (Å²) in [6.45, 7) is 3.66. The van der Waals surface area contributed by atoms with Crippen molar-refractivity contribution in [1.82, 2.24) is 0 Å². The number of nitrogens with one attached hydrogen (secondary N) is 1. The lowest BCUT2D eigenvalue weighted by Crippen LogP contribution is -2.47. The topological polar surface area (TPSA) is 92.5 Å². The number of fused-ring (bicyclic) bond motifs is 1. The first kappa shape index (κ1) is 18.0. The van der Waals surface area contributed by atoms with Crippen molar-refractivity contribution < 1.29 is 13.2 Å². The fourth-order valence-electron chi connectivity index (χ4n) is 2.87. The number of aryl methyl sites for hydroxylation is 1. The SMILES string of the molecule is Cc1cc(Cl)ccc1N1C(=O)c2cc(S(N)(=O)=O)c(Cl)cc2NC1C. The van der Waals surface area contributed by atoms with E-state index in [1.807, 2.05) is 13.8 Å². The van der Waals surface area contributed by atoms with E-state index in [2.05, 4.69) is 5.32 Å². The first-order valence-electron chi connectivity index (χ1n) is 7.32. The zero-order valence-electron chi connectivity index (χ0n) is 13.4. The Hall–Kier alpha value is -1.80. The van der Waals surface area contributed by atoms with Gasteiger partial charge in [0.15, 0.2) is 0 Å². The molecule has 0 fully saturated rings. The summed E-state index contributed by atoms with van der Waals surface area (Å²) in [4.78, 5) is 14.3. The molecule has 6 nitrogen and oxygen atoms in total. The van der Waals surface area contributed by atoms with Crippen molar-refractivity contribution in [3.05, 3.63) is 51.5 Å². The van der Waals surface area contributed by atoms with Crippen LogP contribution in [0.5, 0.6) is 0 Å². The molecule has 0 saturated heterocycles. The summed E-state index contributed by atoms with van der Waals surface area (Å²) in [7, 11) is -4.05. The Kier molecular flexibility index (Phi) is 4.45. The van der Waals surface area contributed by atoms with Crippen molar-refractivity contribution >= 4 is 50.5 Å². The van der Waals surface area contributed by atoms with Gasteiger partial charge in [0, 0.05) is 10.7 Å². The maximum atomic E-state index is 13.0. The molecule has 3 rings (SSSR count). The second-order valence-corrected chi connectivity index (χ2v) is 8.17. The van der Waals surface area contributed by atoms with Crippen LogP contribution in [0.1, 0.15) is 22.8 Å². The van der Waals surface area contributed by atoms with Gasteiger partial charge in [0.2, 0.25) is 10.0 Å². The van der Waals surface area contributed by atoms with Crippen LogP contribution in [-0.2, 0) is 10.0 Å². The maximum absolute atomic E-state index is 13.0. The highest BCUT2D eigenvalue weighted by molar-refractivity contribution is 7.89.